The van der Waals surface area contributed by atoms with Crippen LogP contribution in [0.2, 0.25) is 10.0 Å². The number of thiazole rings is 1. The molecule has 3 aromatic rings. The summed E-state index contributed by atoms with van der Waals surface area (Å²) >= 11 is 13.3. The van der Waals surface area contributed by atoms with E-state index in [-0.39, 0.29) is 45.2 Å². The number of aryl methyl sites for hydroxylation is 1. The van der Waals surface area contributed by atoms with Crippen LogP contribution < -0.4 is 10.2 Å². The fraction of sp³-hybridized carbons (Fsp3) is 0.318. The van der Waals surface area contributed by atoms with Gasteiger partial charge in [0.15, 0.2) is 5.13 Å². The minimum absolute atomic E-state index is 0.0322. The zero-order chi connectivity index (χ0) is 23.4. The number of H-pyrrole nitrogens is 1. The van der Waals surface area contributed by atoms with Gasteiger partial charge in [-0.05, 0) is 24.6 Å². The van der Waals surface area contributed by atoms with E-state index in [1.54, 1.807) is 19.1 Å². The monoisotopic (exact) mass is 508 g/mol. The van der Waals surface area contributed by atoms with Gasteiger partial charge in [0.2, 0.25) is 0 Å². The number of hydrogen-bond donors (Lipinski definition) is 3. The Kier molecular flexibility index (Phi) is 5.58. The van der Waals surface area contributed by atoms with Gasteiger partial charge in [-0.2, -0.15) is 0 Å². The third-order valence-corrected chi connectivity index (χ3v) is 8.30. The highest BCUT2D eigenvalue weighted by molar-refractivity contribution is 7.17. The van der Waals surface area contributed by atoms with E-state index in [4.69, 9.17) is 23.2 Å². The molecule has 1 saturated carbocycles. The van der Waals surface area contributed by atoms with Crippen LogP contribution in [-0.2, 0) is 6.42 Å². The van der Waals surface area contributed by atoms with Crippen molar-refractivity contribution in [2.45, 2.75) is 19.4 Å². The molecule has 0 spiro atoms. The molecule has 3 N–H and O–H groups in total. The zero-order valence-electron chi connectivity index (χ0n) is 17.4. The van der Waals surface area contributed by atoms with Crippen LogP contribution in [0.3, 0.4) is 0 Å². The van der Waals surface area contributed by atoms with E-state index in [0.717, 1.165) is 16.9 Å². The Morgan fingerprint density at radius 3 is 2.48 bits per heavy atom. The molecule has 5 rings (SSSR count). The van der Waals surface area contributed by atoms with Crippen molar-refractivity contribution in [2.75, 3.05) is 18.0 Å². The minimum atomic E-state index is -1.03. The van der Waals surface area contributed by atoms with Gasteiger partial charge in [-0.15, -0.1) is 0 Å². The number of aromatic nitrogens is 2. The molecule has 7 nitrogen and oxygen atoms in total. The van der Waals surface area contributed by atoms with E-state index in [2.05, 4.69) is 20.2 Å². The number of piperidine rings is 1. The van der Waals surface area contributed by atoms with Crippen LogP contribution in [0.4, 0.5) is 9.52 Å². The summed E-state index contributed by atoms with van der Waals surface area (Å²) in [5.41, 5.74) is 2.16. The number of hydrogen-bond acceptors (Lipinski definition) is 5. The lowest BCUT2D eigenvalue weighted by Gasteiger charge is -2.19. The highest BCUT2D eigenvalue weighted by Crippen LogP contribution is 2.48. The average Bonchev–Trinajstić information content (AvgIpc) is 3.14. The topological polar surface area (TPSA) is 98.3 Å². The molecular formula is C22H19Cl2FN4O3S. The molecule has 33 heavy (non-hydrogen) atoms. The van der Waals surface area contributed by atoms with Crippen molar-refractivity contribution in [1.29, 1.82) is 0 Å². The first-order valence-corrected chi connectivity index (χ1v) is 11.9. The Labute approximate surface area is 202 Å². The number of fused-ring (bicyclic) bond motifs is 1. The van der Waals surface area contributed by atoms with Crippen molar-refractivity contribution in [1.82, 2.24) is 15.3 Å². The van der Waals surface area contributed by atoms with E-state index in [1.165, 1.54) is 12.1 Å². The molecule has 0 radical (unpaired) electrons. The second-order valence-electron chi connectivity index (χ2n) is 8.37. The molecule has 3 heterocycles. The Morgan fingerprint density at radius 1 is 1.24 bits per heavy atom. The standard InChI is InChI=1S/C22H19Cl2FN4O3S/c1-9-15(23)16(24)18(26-9)20(30)28-17-12-7-29(8-13(12)17)22-27-14(19(33-22)21(31)32)6-10-2-4-11(25)5-3-10/h2-5,12-13,17,26H,6-8H2,1H3,(H,28,30)(H,31,32)/t12-,13+,17-. The van der Waals surface area contributed by atoms with Gasteiger partial charge in [0.05, 0.1) is 15.7 Å². The van der Waals surface area contributed by atoms with Crippen molar-refractivity contribution >= 4 is 51.5 Å². The molecule has 3 atom stereocenters. The molecule has 2 aromatic heterocycles. The van der Waals surface area contributed by atoms with Gasteiger partial charge in [0.1, 0.15) is 16.4 Å². The lowest BCUT2D eigenvalue weighted by atomic mass is 10.1. The molecule has 1 saturated heterocycles. The molecule has 2 fully saturated rings. The van der Waals surface area contributed by atoms with Crippen LogP contribution in [0.5, 0.6) is 0 Å². The third-order valence-electron chi connectivity index (χ3n) is 6.21. The van der Waals surface area contributed by atoms with Crippen molar-refractivity contribution in [3.63, 3.8) is 0 Å². The lowest BCUT2D eigenvalue weighted by Crippen LogP contribution is -2.34. The third kappa shape index (κ3) is 4.09. The molecule has 1 aliphatic carbocycles. The maximum Gasteiger partial charge on any atom is 0.347 e. The molecule has 0 bridgehead atoms. The first-order chi connectivity index (χ1) is 15.7. The summed E-state index contributed by atoms with van der Waals surface area (Å²) in [7, 11) is 0. The molecule has 11 heteroatoms. The summed E-state index contributed by atoms with van der Waals surface area (Å²) in [6.45, 7) is 3.10. The number of carboxylic acids is 1. The molecule has 2 aliphatic rings. The van der Waals surface area contributed by atoms with E-state index in [9.17, 15) is 19.1 Å². The van der Waals surface area contributed by atoms with E-state index < -0.39 is 5.97 Å². The summed E-state index contributed by atoms with van der Waals surface area (Å²) in [6.07, 6.45) is 0.316. The molecular weight excluding hydrogens is 490 g/mol. The average molecular weight is 509 g/mol. The predicted octanol–water partition coefficient (Wildman–Crippen LogP) is 4.38. The Hall–Kier alpha value is -2.62. The summed E-state index contributed by atoms with van der Waals surface area (Å²) < 4.78 is 13.2. The van der Waals surface area contributed by atoms with Crippen LogP contribution in [0.1, 0.15) is 37.1 Å². The number of amides is 1. The fourth-order valence-corrected chi connectivity index (χ4v) is 5.76. The van der Waals surface area contributed by atoms with E-state index in [1.807, 2.05) is 0 Å². The number of rotatable bonds is 6. The number of anilines is 1. The van der Waals surface area contributed by atoms with Gasteiger partial charge >= 0.3 is 5.97 Å². The second kappa shape index (κ2) is 8.30. The second-order valence-corrected chi connectivity index (χ2v) is 10.1. The smallest absolute Gasteiger partial charge is 0.347 e. The summed E-state index contributed by atoms with van der Waals surface area (Å²) in [4.78, 5) is 34.1. The summed E-state index contributed by atoms with van der Waals surface area (Å²) in [5.74, 6) is -1.13. The SMILES string of the molecule is Cc1[nH]c(C(=O)N[C@@H]2[C@@H]3CN(c4nc(Cc5ccc(F)cc5)c(C(=O)O)s4)C[C@@H]32)c(Cl)c1Cl. The van der Waals surface area contributed by atoms with Crippen LogP contribution in [-0.4, -0.2) is 46.1 Å². The van der Waals surface area contributed by atoms with Crippen molar-refractivity contribution < 1.29 is 19.1 Å². The van der Waals surface area contributed by atoms with Crippen LogP contribution in [0.25, 0.3) is 0 Å². The van der Waals surface area contributed by atoms with Gasteiger partial charge in [0.25, 0.3) is 5.91 Å². The number of carboxylic acid groups (broad SMARTS) is 1. The zero-order valence-corrected chi connectivity index (χ0v) is 19.7. The molecule has 1 aliphatic heterocycles. The van der Waals surface area contributed by atoms with E-state index in [0.29, 0.717) is 41.1 Å². The number of nitrogens with one attached hydrogen (secondary N) is 2. The predicted molar refractivity (Wildman–Crippen MR) is 124 cm³/mol. The van der Waals surface area contributed by atoms with Gasteiger partial charge in [-0.3, -0.25) is 4.79 Å². The largest absolute Gasteiger partial charge is 0.477 e. The highest BCUT2D eigenvalue weighted by atomic mass is 35.5. The maximum absolute atomic E-state index is 13.2. The molecule has 172 valence electrons. The lowest BCUT2D eigenvalue weighted by molar-refractivity contribution is 0.0700. The van der Waals surface area contributed by atoms with Gasteiger partial charge < -0.3 is 20.3 Å². The first kappa shape index (κ1) is 22.2. The van der Waals surface area contributed by atoms with Crippen LogP contribution in [0, 0.1) is 24.6 Å². The number of halogens is 3. The number of carbonyl (C=O) groups is 2. The Bertz CT molecular complexity index is 1250. The van der Waals surface area contributed by atoms with Crippen molar-refractivity contribution in [2.24, 2.45) is 11.8 Å². The van der Waals surface area contributed by atoms with Crippen LogP contribution >= 0.6 is 34.5 Å². The normalized spacial score (nSPS) is 21.2. The summed E-state index contributed by atoms with van der Waals surface area (Å²) in [6, 6.07) is 5.99. The highest BCUT2D eigenvalue weighted by Gasteiger charge is 2.57. The molecule has 0 unspecified atom stereocenters. The summed E-state index contributed by atoms with van der Waals surface area (Å²) in [5, 5.41) is 13.8. The van der Waals surface area contributed by atoms with Crippen molar-refractivity contribution in [3.8, 4) is 0 Å². The van der Waals surface area contributed by atoms with Crippen molar-refractivity contribution in [3.05, 3.63) is 67.7 Å². The molecule has 1 amide bonds. The van der Waals surface area contributed by atoms with Gasteiger partial charge in [-0.1, -0.05) is 46.7 Å². The quantitative estimate of drug-likeness (QED) is 0.458. The first-order valence-electron chi connectivity index (χ1n) is 10.3. The van der Waals surface area contributed by atoms with Crippen LogP contribution in [0.15, 0.2) is 24.3 Å². The maximum atomic E-state index is 13.2. The van der Waals surface area contributed by atoms with Gasteiger partial charge in [0, 0.05) is 43.1 Å². The number of benzene rings is 1. The number of nitrogens with zero attached hydrogens (tertiary/aromatic N) is 2. The minimum Gasteiger partial charge on any atom is -0.477 e. The fourth-order valence-electron chi connectivity index (χ4n) is 4.41. The number of aromatic carboxylic acids is 1. The molecule has 1 aromatic carbocycles. The Balaban J connectivity index is 1.25. The van der Waals surface area contributed by atoms with E-state index >= 15 is 0 Å². The van der Waals surface area contributed by atoms with Gasteiger partial charge in [-0.25, -0.2) is 14.2 Å². The number of carbonyl (C=O) groups excluding carboxylic acids is 1. The number of aromatic amines is 1. The Morgan fingerprint density at radius 2 is 1.91 bits per heavy atom.